The highest BCUT2D eigenvalue weighted by atomic mass is 15.1. The van der Waals surface area contributed by atoms with E-state index in [-0.39, 0.29) is 0 Å². The second kappa shape index (κ2) is 4.83. The molecule has 0 aliphatic carbocycles. The lowest BCUT2D eigenvalue weighted by Gasteiger charge is -2.33. The van der Waals surface area contributed by atoms with Crippen molar-refractivity contribution in [1.29, 1.82) is 0 Å². The smallest absolute Gasteiger partial charge is 0.00218 e. The van der Waals surface area contributed by atoms with Crippen LogP contribution in [0, 0.1) is 11.8 Å². The van der Waals surface area contributed by atoms with Crippen LogP contribution in [0.4, 0.5) is 0 Å². The Bertz CT molecular complexity index is 123. The maximum absolute atomic E-state index is 5.67. The number of hydrogen-bond donors (Lipinski definition) is 1. The molecule has 0 unspecified atom stereocenters. The Kier molecular flexibility index (Phi) is 4.02. The molecule has 12 heavy (non-hydrogen) atoms. The zero-order valence-corrected chi connectivity index (χ0v) is 8.42. The molecular weight excluding hydrogens is 148 g/mol. The van der Waals surface area contributed by atoms with E-state index in [0.717, 1.165) is 18.4 Å². The highest BCUT2D eigenvalue weighted by Crippen LogP contribution is 2.15. The SMILES string of the molecule is CC(C)CN1CCC[C@H](CN)C1. The normalized spacial score (nSPS) is 26.5. The molecule has 0 aromatic rings. The monoisotopic (exact) mass is 170 g/mol. The third-order valence-corrected chi connectivity index (χ3v) is 2.56. The van der Waals surface area contributed by atoms with E-state index in [9.17, 15) is 0 Å². The Hall–Kier alpha value is -0.0800. The van der Waals surface area contributed by atoms with Gasteiger partial charge in [-0.15, -0.1) is 0 Å². The third-order valence-electron chi connectivity index (χ3n) is 2.56. The van der Waals surface area contributed by atoms with Crippen molar-refractivity contribution >= 4 is 0 Å². The molecule has 0 bridgehead atoms. The lowest BCUT2D eigenvalue weighted by atomic mass is 9.97. The fourth-order valence-electron chi connectivity index (χ4n) is 2.03. The van der Waals surface area contributed by atoms with Crippen LogP contribution in [0.25, 0.3) is 0 Å². The van der Waals surface area contributed by atoms with Crippen LogP contribution in [0.3, 0.4) is 0 Å². The number of rotatable bonds is 3. The van der Waals surface area contributed by atoms with Gasteiger partial charge in [-0.3, -0.25) is 0 Å². The van der Waals surface area contributed by atoms with Crippen LogP contribution in [0.15, 0.2) is 0 Å². The Labute approximate surface area is 76.1 Å². The van der Waals surface area contributed by atoms with Gasteiger partial charge in [-0.25, -0.2) is 0 Å². The first kappa shape index (κ1) is 10.0. The van der Waals surface area contributed by atoms with E-state index in [0.29, 0.717) is 0 Å². The Morgan fingerprint density at radius 1 is 1.50 bits per heavy atom. The summed E-state index contributed by atoms with van der Waals surface area (Å²) in [6.45, 7) is 9.20. The molecule has 2 N–H and O–H groups in total. The maximum atomic E-state index is 5.67. The Morgan fingerprint density at radius 3 is 2.83 bits per heavy atom. The van der Waals surface area contributed by atoms with Crippen LogP contribution < -0.4 is 5.73 Å². The molecule has 2 heteroatoms. The third kappa shape index (κ3) is 3.11. The van der Waals surface area contributed by atoms with Gasteiger partial charge >= 0.3 is 0 Å². The summed E-state index contributed by atoms with van der Waals surface area (Å²) in [7, 11) is 0. The lowest BCUT2D eigenvalue weighted by molar-refractivity contribution is 0.162. The minimum Gasteiger partial charge on any atom is -0.330 e. The predicted molar refractivity (Wildman–Crippen MR) is 53.1 cm³/mol. The molecular formula is C10H22N2. The predicted octanol–water partition coefficient (Wildman–Crippen LogP) is 1.31. The molecule has 0 spiro atoms. The molecule has 1 atom stereocenters. The molecule has 1 rings (SSSR count). The average Bonchev–Trinajstić information content (AvgIpc) is 2.03. The van der Waals surface area contributed by atoms with Gasteiger partial charge in [0.2, 0.25) is 0 Å². The fourth-order valence-corrected chi connectivity index (χ4v) is 2.03. The first-order chi connectivity index (χ1) is 5.72. The van der Waals surface area contributed by atoms with Crippen LogP contribution >= 0.6 is 0 Å². The molecule has 2 nitrogen and oxygen atoms in total. The van der Waals surface area contributed by atoms with Gasteiger partial charge in [-0.05, 0) is 37.8 Å². The first-order valence-electron chi connectivity index (χ1n) is 5.14. The molecule has 1 aliphatic rings. The lowest BCUT2D eigenvalue weighted by Crippen LogP contribution is -2.40. The summed E-state index contributed by atoms with van der Waals surface area (Å²) >= 11 is 0. The van der Waals surface area contributed by atoms with Crippen molar-refractivity contribution < 1.29 is 0 Å². The Morgan fingerprint density at radius 2 is 2.25 bits per heavy atom. The van der Waals surface area contributed by atoms with Crippen LogP contribution in [-0.2, 0) is 0 Å². The molecule has 0 saturated carbocycles. The van der Waals surface area contributed by atoms with Gasteiger partial charge in [-0.2, -0.15) is 0 Å². The second-order valence-electron chi connectivity index (χ2n) is 4.40. The zero-order chi connectivity index (χ0) is 8.97. The molecule has 1 fully saturated rings. The number of nitrogens with zero attached hydrogens (tertiary/aromatic N) is 1. The number of nitrogens with two attached hydrogens (primary N) is 1. The van der Waals surface area contributed by atoms with E-state index in [1.165, 1.54) is 32.5 Å². The highest BCUT2D eigenvalue weighted by molar-refractivity contribution is 4.73. The van der Waals surface area contributed by atoms with Gasteiger partial charge in [0.1, 0.15) is 0 Å². The van der Waals surface area contributed by atoms with Crippen molar-refractivity contribution in [3.05, 3.63) is 0 Å². The van der Waals surface area contributed by atoms with E-state index in [1.807, 2.05) is 0 Å². The summed E-state index contributed by atoms with van der Waals surface area (Å²) in [6.07, 6.45) is 2.68. The topological polar surface area (TPSA) is 29.3 Å². The van der Waals surface area contributed by atoms with Crippen LogP contribution in [0.5, 0.6) is 0 Å². The van der Waals surface area contributed by atoms with E-state index in [2.05, 4.69) is 18.7 Å². The quantitative estimate of drug-likeness (QED) is 0.692. The van der Waals surface area contributed by atoms with Gasteiger partial charge in [-0.1, -0.05) is 13.8 Å². The van der Waals surface area contributed by atoms with Crippen LogP contribution in [0.1, 0.15) is 26.7 Å². The molecule has 0 aromatic heterocycles. The molecule has 1 saturated heterocycles. The van der Waals surface area contributed by atoms with Crippen molar-refractivity contribution in [3.63, 3.8) is 0 Å². The summed E-state index contributed by atoms with van der Waals surface area (Å²) in [5.74, 6) is 1.55. The van der Waals surface area contributed by atoms with Crippen molar-refractivity contribution in [2.24, 2.45) is 17.6 Å². The van der Waals surface area contributed by atoms with Crippen molar-refractivity contribution in [2.45, 2.75) is 26.7 Å². The van der Waals surface area contributed by atoms with Crippen LogP contribution in [0.2, 0.25) is 0 Å². The highest BCUT2D eigenvalue weighted by Gasteiger charge is 2.18. The molecule has 0 amide bonds. The van der Waals surface area contributed by atoms with Crippen LogP contribution in [-0.4, -0.2) is 31.1 Å². The minimum atomic E-state index is 0.762. The number of piperidine rings is 1. The minimum absolute atomic E-state index is 0.762. The van der Waals surface area contributed by atoms with Gasteiger partial charge in [0, 0.05) is 13.1 Å². The van der Waals surface area contributed by atoms with E-state index in [4.69, 9.17) is 5.73 Å². The van der Waals surface area contributed by atoms with Gasteiger partial charge in [0.05, 0.1) is 0 Å². The van der Waals surface area contributed by atoms with Crippen molar-refractivity contribution in [3.8, 4) is 0 Å². The molecule has 72 valence electrons. The largest absolute Gasteiger partial charge is 0.330 e. The number of hydrogen-bond acceptors (Lipinski definition) is 2. The summed E-state index contributed by atoms with van der Waals surface area (Å²) < 4.78 is 0. The van der Waals surface area contributed by atoms with E-state index in [1.54, 1.807) is 0 Å². The molecule has 0 aromatic carbocycles. The standard InChI is InChI=1S/C10H22N2/c1-9(2)7-12-5-3-4-10(6-11)8-12/h9-10H,3-8,11H2,1-2H3/t10-/m1/s1. The van der Waals surface area contributed by atoms with Gasteiger partial charge in [0.25, 0.3) is 0 Å². The Balaban J connectivity index is 2.25. The molecule has 1 heterocycles. The van der Waals surface area contributed by atoms with Gasteiger partial charge in [0.15, 0.2) is 0 Å². The van der Waals surface area contributed by atoms with E-state index < -0.39 is 0 Å². The van der Waals surface area contributed by atoms with Crippen molar-refractivity contribution in [1.82, 2.24) is 4.90 Å². The molecule has 0 radical (unpaired) electrons. The fraction of sp³-hybridized carbons (Fsp3) is 1.00. The zero-order valence-electron chi connectivity index (χ0n) is 8.42. The summed E-state index contributed by atoms with van der Waals surface area (Å²) in [6, 6.07) is 0. The molecule has 1 aliphatic heterocycles. The second-order valence-corrected chi connectivity index (χ2v) is 4.40. The average molecular weight is 170 g/mol. The van der Waals surface area contributed by atoms with Crippen molar-refractivity contribution in [2.75, 3.05) is 26.2 Å². The van der Waals surface area contributed by atoms with E-state index >= 15 is 0 Å². The maximum Gasteiger partial charge on any atom is 0.00218 e. The number of likely N-dealkylation sites (tertiary alicyclic amines) is 1. The summed E-state index contributed by atoms with van der Waals surface area (Å²) in [5, 5.41) is 0. The summed E-state index contributed by atoms with van der Waals surface area (Å²) in [5.41, 5.74) is 5.67. The first-order valence-corrected chi connectivity index (χ1v) is 5.14. The summed E-state index contributed by atoms with van der Waals surface area (Å²) in [4.78, 5) is 2.56. The van der Waals surface area contributed by atoms with Gasteiger partial charge < -0.3 is 10.6 Å².